The van der Waals surface area contributed by atoms with Gasteiger partial charge in [0.1, 0.15) is 0 Å². The van der Waals surface area contributed by atoms with Crippen molar-refractivity contribution in [3.05, 3.63) is 132 Å². The third kappa shape index (κ3) is 12.5. The minimum atomic E-state index is -0.826. The Balaban J connectivity index is 0.000000233. The van der Waals surface area contributed by atoms with Gasteiger partial charge in [0.15, 0.2) is 0 Å². The number of benzene rings is 4. The fourth-order valence-corrected chi connectivity index (χ4v) is 6.06. The van der Waals surface area contributed by atoms with Crippen LogP contribution in [0.2, 0.25) is 13.1 Å². The molecule has 0 atom stereocenters. The van der Waals surface area contributed by atoms with Crippen molar-refractivity contribution in [2.75, 3.05) is 0 Å². The van der Waals surface area contributed by atoms with Gasteiger partial charge in [-0.2, -0.15) is 18.2 Å². The maximum absolute atomic E-state index is 4.93. The van der Waals surface area contributed by atoms with Crippen LogP contribution in [0, 0.1) is 0 Å². The van der Waals surface area contributed by atoms with Gasteiger partial charge in [0.2, 0.25) is 0 Å². The SMILES string of the molecule is CC(C)(C)c1ccc(-c2cccc3[cH-]ccc23)cc1.CCCCCCc1cc2c(-c3ccc(C(C)C)cc3)cccc2[cH-]1.C[Si]C.[Cl][Zr+2][Cl]. The first-order valence-corrected chi connectivity index (χ1v) is 26.0. The first-order chi connectivity index (χ1) is 23.6. The van der Waals surface area contributed by atoms with E-state index in [0.29, 0.717) is 5.92 Å². The van der Waals surface area contributed by atoms with Crippen LogP contribution in [-0.4, -0.2) is 9.52 Å². The van der Waals surface area contributed by atoms with Crippen LogP contribution in [0.3, 0.4) is 0 Å². The number of hydrogen-bond donors (Lipinski definition) is 0. The van der Waals surface area contributed by atoms with Crippen LogP contribution in [0.4, 0.5) is 0 Å². The van der Waals surface area contributed by atoms with Gasteiger partial charge in [-0.1, -0.05) is 152 Å². The standard InChI is InChI=1S/C24H29.C19H19.C2H6Si.2ClH.Zr/c1-4-5-6-7-9-19-16-22-10-8-11-23(24(22)17-19)21-14-12-20(13-15-21)18(2)3;1-19(2,3)16-12-10-15(11-13-16)18-9-5-7-14-6-4-8-17(14)18;1-3-2;;;/h8,10-18H,4-7,9H2,1-3H3;4-13H,1-3H3;1-2H3;2*1H;/q2*-1;;;;+4/p-2. The predicted octanol–water partition coefficient (Wildman–Crippen LogP) is 15.2. The second-order valence-electron chi connectivity index (χ2n) is 14.0. The maximum atomic E-state index is 4.93. The average Bonchev–Trinajstić information content (AvgIpc) is 3.75. The van der Waals surface area contributed by atoms with Crippen molar-refractivity contribution in [1.29, 1.82) is 0 Å². The van der Waals surface area contributed by atoms with Crippen LogP contribution in [0.25, 0.3) is 43.8 Å². The van der Waals surface area contributed by atoms with E-state index in [4.69, 9.17) is 17.0 Å². The number of fused-ring (bicyclic) bond motifs is 2. The monoisotopic (exact) mass is 782 g/mol. The van der Waals surface area contributed by atoms with E-state index in [1.807, 2.05) is 0 Å². The molecule has 0 heterocycles. The van der Waals surface area contributed by atoms with Crippen LogP contribution in [0.5, 0.6) is 0 Å². The predicted molar refractivity (Wildman–Crippen MR) is 220 cm³/mol. The summed E-state index contributed by atoms with van der Waals surface area (Å²) in [6, 6.07) is 42.5. The van der Waals surface area contributed by atoms with E-state index in [0.717, 1.165) is 9.52 Å². The molecule has 0 aliphatic heterocycles. The molecule has 49 heavy (non-hydrogen) atoms. The summed E-state index contributed by atoms with van der Waals surface area (Å²) in [6.45, 7) is 17.8. The summed E-state index contributed by atoms with van der Waals surface area (Å²) >= 11 is -0.826. The summed E-state index contributed by atoms with van der Waals surface area (Å²) < 4.78 is 0. The number of unbranched alkanes of at least 4 members (excludes halogenated alkanes) is 3. The molecule has 0 fully saturated rings. The van der Waals surface area contributed by atoms with E-state index in [1.165, 1.54) is 92.6 Å². The van der Waals surface area contributed by atoms with Crippen molar-refractivity contribution in [3.63, 3.8) is 0 Å². The summed E-state index contributed by atoms with van der Waals surface area (Å²) in [5.74, 6) is 0.587. The Hall–Kier alpha value is -2.22. The zero-order chi connectivity index (χ0) is 35.8. The van der Waals surface area contributed by atoms with E-state index < -0.39 is 20.8 Å². The fourth-order valence-electron chi connectivity index (χ4n) is 6.06. The van der Waals surface area contributed by atoms with E-state index in [-0.39, 0.29) is 5.41 Å². The number of halogens is 2. The van der Waals surface area contributed by atoms with Crippen molar-refractivity contribution in [2.45, 2.75) is 98.1 Å². The number of aryl methyl sites for hydroxylation is 1. The van der Waals surface area contributed by atoms with Gasteiger partial charge in [0.25, 0.3) is 0 Å². The van der Waals surface area contributed by atoms with Crippen LogP contribution in [-0.2, 0) is 32.7 Å². The van der Waals surface area contributed by atoms with Crippen LogP contribution in [0.15, 0.2) is 115 Å². The Labute approximate surface area is 318 Å². The van der Waals surface area contributed by atoms with Crippen molar-refractivity contribution in [1.82, 2.24) is 0 Å². The van der Waals surface area contributed by atoms with Gasteiger partial charge in [0.05, 0.1) is 0 Å². The van der Waals surface area contributed by atoms with E-state index in [1.54, 1.807) is 0 Å². The molecule has 0 unspecified atom stereocenters. The third-order valence-corrected chi connectivity index (χ3v) is 8.76. The Kier molecular flexibility index (Phi) is 17.8. The second-order valence-corrected chi connectivity index (χ2v) is 18.7. The third-order valence-electron chi connectivity index (χ3n) is 8.76. The Morgan fingerprint density at radius 2 is 1.27 bits per heavy atom. The van der Waals surface area contributed by atoms with E-state index in [2.05, 4.69) is 170 Å². The molecule has 0 spiro atoms. The molecule has 0 N–H and O–H groups in total. The van der Waals surface area contributed by atoms with Crippen molar-refractivity contribution in [3.8, 4) is 22.3 Å². The van der Waals surface area contributed by atoms with Crippen molar-refractivity contribution < 1.29 is 20.8 Å². The molecule has 4 heteroatoms. The van der Waals surface area contributed by atoms with Gasteiger partial charge < -0.3 is 0 Å². The molecule has 0 saturated heterocycles. The molecule has 0 saturated carbocycles. The molecule has 0 aliphatic carbocycles. The molecule has 6 aromatic rings. The molecule has 0 aliphatic rings. The molecule has 256 valence electrons. The second kappa shape index (κ2) is 21.2. The Morgan fingerprint density at radius 3 is 1.82 bits per heavy atom. The summed E-state index contributed by atoms with van der Waals surface area (Å²) in [5.41, 5.74) is 9.80. The molecule has 0 bridgehead atoms. The zero-order valence-electron chi connectivity index (χ0n) is 30.8. The van der Waals surface area contributed by atoms with Gasteiger partial charge in [-0.3, -0.25) is 0 Å². The van der Waals surface area contributed by atoms with Gasteiger partial charge in [-0.15, -0.1) is 63.5 Å². The van der Waals surface area contributed by atoms with Gasteiger partial charge in [0, 0.05) is 9.52 Å². The molecule has 2 radical (unpaired) electrons. The van der Waals surface area contributed by atoms with E-state index in [9.17, 15) is 0 Å². The van der Waals surface area contributed by atoms with Crippen LogP contribution >= 0.6 is 17.0 Å². The first kappa shape index (κ1) is 41.2. The van der Waals surface area contributed by atoms with Gasteiger partial charge in [-0.25, -0.2) is 0 Å². The van der Waals surface area contributed by atoms with Crippen LogP contribution in [0.1, 0.15) is 89.8 Å². The van der Waals surface area contributed by atoms with Crippen molar-refractivity contribution >= 4 is 48.1 Å². The fraction of sp³-hybridized carbons (Fsp3) is 0.333. The topological polar surface area (TPSA) is 0 Å². The molecule has 0 aromatic heterocycles. The average molecular weight is 785 g/mol. The van der Waals surface area contributed by atoms with Gasteiger partial charge >= 0.3 is 37.9 Å². The number of hydrogen-bond acceptors (Lipinski definition) is 0. The van der Waals surface area contributed by atoms with Gasteiger partial charge in [-0.05, 0) is 40.0 Å². The van der Waals surface area contributed by atoms with Crippen molar-refractivity contribution in [2.24, 2.45) is 0 Å². The van der Waals surface area contributed by atoms with E-state index >= 15 is 0 Å². The normalized spacial score (nSPS) is 10.8. The first-order valence-electron chi connectivity index (χ1n) is 17.7. The number of rotatable bonds is 8. The molecular weight excluding hydrogens is 731 g/mol. The quantitative estimate of drug-likeness (QED) is 0.0819. The Morgan fingerprint density at radius 1 is 0.714 bits per heavy atom. The molecule has 0 amide bonds. The summed E-state index contributed by atoms with van der Waals surface area (Å²) in [5, 5.41) is 5.44. The summed E-state index contributed by atoms with van der Waals surface area (Å²) in [6.07, 6.45) is 6.53. The summed E-state index contributed by atoms with van der Waals surface area (Å²) in [7, 11) is 11.0. The molecule has 6 aromatic carbocycles. The summed E-state index contributed by atoms with van der Waals surface area (Å²) in [4.78, 5) is 0. The zero-order valence-corrected chi connectivity index (χ0v) is 35.8. The van der Waals surface area contributed by atoms with Crippen LogP contribution < -0.4 is 0 Å². The molecule has 6 rings (SSSR count). The Bertz CT molecular complexity index is 1780. The minimum absolute atomic E-state index is 0.213. The molecule has 0 nitrogen and oxygen atoms in total. The molecular formula is C45H54Cl2SiZr.